The number of methoxy groups -OCH3 is 1. The third-order valence-corrected chi connectivity index (χ3v) is 8.13. The Balaban J connectivity index is 1.41. The first-order chi connectivity index (χ1) is 17.5. The van der Waals surface area contributed by atoms with Crippen molar-refractivity contribution in [2.45, 2.75) is 37.2 Å². The highest BCUT2D eigenvalue weighted by Gasteiger charge is 2.27. The average Bonchev–Trinajstić information content (AvgIpc) is 2.92. The Morgan fingerprint density at radius 3 is 2.17 bits per heavy atom. The van der Waals surface area contributed by atoms with E-state index in [9.17, 15) is 13.2 Å². The maximum Gasteiger partial charge on any atom is 0.264 e. The third-order valence-electron chi connectivity index (χ3n) is 6.35. The Morgan fingerprint density at radius 1 is 0.889 bits per heavy atom. The van der Waals surface area contributed by atoms with Crippen molar-refractivity contribution < 1.29 is 17.9 Å². The number of rotatable bonds is 10. The van der Waals surface area contributed by atoms with Crippen molar-refractivity contribution in [2.24, 2.45) is 0 Å². The van der Waals surface area contributed by atoms with Gasteiger partial charge in [0.25, 0.3) is 10.0 Å². The van der Waals surface area contributed by atoms with Gasteiger partial charge in [-0.15, -0.1) is 0 Å². The molecule has 0 saturated carbocycles. The van der Waals surface area contributed by atoms with E-state index in [2.05, 4.69) is 22.3 Å². The molecule has 0 atom stereocenters. The molecule has 7 nitrogen and oxygen atoms in total. The lowest BCUT2D eigenvalue weighted by Gasteiger charge is -2.26. The van der Waals surface area contributed by atoms with E-state index < -0.39 is 10.0 Å². The van der Waals surface area contributed by atoms with Gasteiger partial charge in [0.2, 0.25) is 5.91 Å². The molecule has 4 rings (SSSR count). The van der Waals surface area contributed by atoms with E-state index in [1.54, 1.807) is 42.5 Å². The molecule has 1 heterocycles. The van der Waals surface area contributed by atoms with E-state index in [0.717, 1.165) is 29.5 Å². The number of para-hydroxylation sites is 1. The van der Waals surface area contributed by atoms with Gasteiger partial charge in [-0.1, -0.05) is 48.9 Å². The summed E-state index contributed by atoms with van der Waals surface area (Å²) >= 11 is 0. The second kappa shape index (κ2) is 12.1. The fourth-order valence-corrected chi connectivity index (χ4v) is 5.73. The van der Waals surface area contributed by atoms with Crippen molar-refractivity contribution in [1.82, 2.24) is 10.2 Å². The van der Waals surface area contributed by atoms with E-state index in [1.807, 2.05) is 12.1 Å². The van der Waals surface area contributed by atoms with Crippen LogP contribution in [0.1, 0.15) is 30.4 Å². The van der Waals surface area contributed by atoms with Crippen LogP contribution in [0.5, 0.6) is 5.75 Å². The Hall–Kier alpha value is -3.36. The number of benzene rings is 3. The lowest BCUT2D eigenvalue weighted by atomic mass is 10.1. The van der Waals surface area contributed by atoms with Crippen LogP contribution in [-0.4, -0.2) is 46.0 Å². The van der Waals surface area contributed by atoms with Crippen LogP contribution in [-0.2, 0) is 27.9 Å². The van der Waals surface area contributed by atoms with E-state index in [1.165, 1.54) is 44.1 Å². The molecule has 190 valence electrons. The molecule has 0 aliphatic carbocycles. The monoisotopic (exact) mass is 507 g/mol. The predicted molar refractivity (Wildman–Crippen MR) is 141 cm³/mol. The Labute approximate surface area is 213 Å². The van der Waals surface area contributed by atoms with E-state index in [-0.39, 0.29) is 17.3 Å². The number of carbonyl (C=O) groups is 1. The first-order valence-corrected chi connectivity index (χ1v) is 13.7. The standard InChI is InChI=1S/C28H33N3O4S/c1-35-26-14-16-27(17-15-26)36(33,34)31(25-8-4-2-5-9-25)22-28(32)29-20-23-10-12-24(13-11-23)21-30-18-6-3-7-19-30/h2,4-5,8-17H,3,6-7,18-22H2,1H3,(H,29,32). The largest absolute Gasteiger partial charge is 0.497 e. The van der Waals surface area contributed by atoms with Crippen LogP contribution in [0, 0.1) is 0 Å². The topological polar surface area (TPSA) is 79.0 Å². The molecular formula is C28H33N3O4S. The highest BCUT2D eigenvalue weighted by atomic mass is 32.2. The highest BCUT2D eigenvalue weighted by molar-refractivity contribution is 7.92. The molecule has 1 fully saturated rings. The molecule has 0 unspecified atom stereocenters. The van der Waals surface area contributed by atoms with Crippen LogP contribution in [0.2, 0.25) is 0 Å². The number of amides is 1. The van der Waals surface area contributed by atoms with Gasteiger partial charge in [-0.05, 0) is 73.5 Å². The summed E-state index contributed by atoms with van der Waals surface area (Å²) in [5.74, 6) is 0.174. The van der Waals surface area contributed by atoms with Gasteiger partial charge in [0.15, 0.2) is 0 Å². The minimum absolute atomic E-state index is 0.0873. The quantitative estimate of drug-likeness (QED) is 0.445. The molecule has 1 saturated heterocycles. The number of ether oxygens (including phenoxy) is 1. The molecule has 3 aromatic carbocycles. The number of hydrogen-bond donors (Lipinski definition) is 1. The van der Waals surface area contributed by atoms with Crippen molar-refractivity contribution in [3.63, 3.8) is 0 Å². The maximum absolute atomic E-state index is 13.4. The molecule has 0 bridgehead atoms. The summed E-state index contributed by atoms with van der Waals surface area (Å²) in [7, 11) is -2.44. The Bertz CT molecular complexity index is 1220. The second-order valence-corrected chi connectivity index (χ2v) is 10.8. The molecule has 0 spiro atoms. The van der Waals surface area contributed by atoms with Crippen LogP contribution in [0.4, 0.5) is 5.69 Å². The lowest BCUT2D eigenvalue weighted by molar-refractivity contribution is -0.119. The molecule has 1 aliphatic heterocycles. The number of sulfonamides is 1. The summed E-state index contributed by atoms with van der Waals surface area (Å²) in [5.41, 5.74) is 2.65. The first kappa shape index (κ1) is 25.7. The molecule has 36 heavy (non-hydrogen) atoms. The fourth-order valence-electron chi connectivity index (χ4n) is 4.31. The lowest BCUT2D eigenvalue weighted by Crippen LogP contribution is -2.40. The zero-order chi connectivity index (χ0) is 25.4. The average molecular weight is 508 g/mol. The van der Waals surface area contributed by atoms with Crippen molar-refractivity contribution in [3.05, 3.63) is 90.0 Å². The van der Waals surface area contributed by atoms with Crippen LogP contribution >= 0.6 is 0 Å². The predicted octanol–water partition coefficient (Wildman–Crippen LogP) is 4.19. The molecule has 1 N–H and O–H groups in total. The summed E-state index contributed by atoms with van der Waals surface area (Å²) in [6.45, 7) is 3.24. The number of nitrogens with one attached hydrogen (secondary N) is 1. The zero-order valence-corrected chi connectivity index (χ0v) is 21.4. The van der Waals surface area contributed by atoms with Crippen LogP contribution in [0.3, 0.4) is 0 Å². The number of carbonyl (C=O) groups excluding carboxylic acids is 1. The Kier molecular flexibility index (Phi) is 8.61. The van der Waals surface area contributed by atoms with Gasteiger partial charge >= 0.3 is 0 Å². The van der Waals surface area contributed by atoms with Gasteiger partial charge in [-0.25, -0.2) is 8.42 Å². The van der Waals surface area contributed by atoms with E-state index in [0.29, 0.717) is 18.0 Å². The van der Waals surface area contributed by atoms with Gasteiger partial charge in [-0.3, -0.25) is 14.0 Å². The Morgan fingerprint density at radius 2 is 1.53 bits per heavy atom. The minimum Gasteiger partial charge on any atom is -0.497 e. The van der Waals surface area contributed by atoms with Gasteiger partial charge in [0.1, 0.15) is 12.3 Å². The molecule has 0 aromatic heterocycles. The number of piperidine rings is 1. The summed E-state index contributed by atoms with van der Waals surface area (Å²) in [6, 6.07) is 23.0. The first-order valence-electron chi connectivity index (χ1n) is 12.2. The van der Waals surface area contributed by atoms with Crippen molar-refractivity contribution in [1.29, 1.82) is 0 Å². The smallest absolute Gasteiger partial charge is 0.264 e. The van der Waals surface area contributed by atoms with Crippen molar-refractivity contribution in [3.8, 4) is 5.75 Å². The molecule has 1 aliphatic rings. The fraction of sp³-hybridized carbons (Fsp3) is 0.321. The van der Waals surface area contributed by atoms with Crippen LogP contribution < -0.4 is 14.4 Å². The normalized spacial score (nSPS) is 14.2. The number of anilines is 1. The second-order valence-electron chi connectivity index (χ2n) is 8.95. The molecular weight excluding hydrogens is 474 g/mol. The molecule has 0 radical (unpaired) electrons. The number of nitrogens with zero attached hydrogens (tertiary/aromatic N) is 2. The SMILES string of the molecule is COc1ccc(S(=O)(=O)N(CC(=O)NCc2ccc(CN3CCCCC3)cc2)c2ccccc2)cc1. The molecule has 1 amide bonds. The van der Waals surface area contributed by atoms with E-state index in [4.69, 9.17) is 4.74 Å². The summed E-state index contributed by atoms with van der Waals surface area (Å²) in [4.78, 5) is 15.4. The van der Waals surface area contributed by atoms with Crippen LogP contribution in [0.25, 0.3) is 0 Å². The van der Waals surface area contributed by atoms with Crippen LogP contribution in [0.15, 0.2) is 83.8 Å². The maximum atomic E-state index is 13.4. The van der Waals surface area contributed by atoms with Gasteiger partial charge < -0.3 is 10.1 Å². The van der Waals surface area contributed by atoms with Gasteiger partial charge in [0, 0.05) is 13.1 Å². The third kappa shape index (κ3) is 6.65. The summed E-state index contributed by atoms with van der Waals surface area (Å²) < 4.78 is 33.2. The van der Waals surface area contributed by atoms with Gasteiger partial charge in [-0.2, -0.15) is 0 Å². The van der Waals surface area contributed by atoms with Crippen molar-refractivity contribution in [2.75, 3.05) is 31.0 Å². The summed E-state index contributed by atoms with van der Waals surface area (Å²) in [5, 5.41) is 2.87. The molecule has 8 heteroatoms. The number of hydrogen-bond acceptors (Lipinski definition) is 5. The molecule has 3 aromatic rings. The minimum atomic E-state index is -3.96. The zero-order valence-electron chi connectivity index (χ0n) is 20.6. The van der Waals surface area contributed by atoms with E-state index >= 15 is 0 Å². The van der Waals surface area contributed by atoms with Gasteiger partial charge in [0.05, 0.1) is 17.7 Å². The highest BCUT2D eigenvalue weighted by Crippen LogP contribution is 2.25. The van der Waals surface area contributed by atoms with Crippen molar-refractivity contribution >= 4 is 21.6 Å². The summed E-state index contributed by atoms with van der Waals surface area (Å²) in [6.07, 6.45) is 3.84. The number of likely N-dealkylation sites (tertiary alicyclic amines) is 1.